The predicted octanol–water partition coefficient (Wildman–Crippen LogP) is 4.97. The summed E-state index contributed by atoms with van der Waals surface area (Å²) >= 11 is 0. The molecule has 0 aromatic heterocycles. The molecule has 2 saturated carbocycles. The summed E-state index contributed by atoms with van der Waals surface area (Å²) in [6, 6.07) is 7.72. The third-order valence-corrected chi connectivity index (χ3v) is 9.15. The van der Waals surface area contributed by atoms with E-state index in [9.17, 15) is 14.7 Å². The standard InChI is InChI=1S/C28H35NO3/c1-17(30)28(32)14-13-25-23-11-7-19-15-21(31)10-12-22(19)26(23)24(16-27(25,28)2)18-5-8-20(9-6-18)29(3)4/h5-6,8-9,15,23-25,32H,7,10-14,16H2,1-4H3/t23-,24+,25-,27-,28-/m0/s1/i3D3. The number of anilines is 1. The van der Waals surface area contributed by atoms with Crippen molar-refractivity contribution in [3.8, 4) is 0 Å². The Bertz CT molecular complexity index is 1140. The van der Waals surface area contributed by atoms with Gasteiger partial charge in [-0.1, -0.05) is 24.6 Å². The van der Waals surface area contributed by atoms with Crippen LogP contribution in [0.3, 0.4) is 0 Å². The summed E-state index contributed by atoms with van der Waals surface area (Å²) in [6.45, 7) is 1.40. The van der Waals surface area contributed by atoms with Crippen LogP contribution in [0, 0.1) is 17.3 Å². The van der Waals surface area contributed by atoms with Gasteiger partial charge >= 0.3 is 0 Å². The van der Waals surface area contributed by atoms with Gasteiger partial charge in [0.25, 0.3) is 0 Å². The van der Waals surface area contributed by atoms with E-state index in [1.54, 1.807) is 7.05 Å². The molecule has 0 bridgehead atoms. The Morgan fingerprint density at radius 2 is 1.94 bits per heavy atom. The lowest BCUT2D eigenvalue weighted by atomic mass is 9.51. The van der Waals surface area contributed by atoms with E-state index < -0.39 is 18.0 Å². The number of carbonyl (C=O) groups is 2. The monoisotopic (exact) mass is 436 g/mol. The van der Waals surface area contributed by atoms with Crippen LogP contribution in [-0.2, 0) is 9.59 Å². The summed E-state index contributed by atoms with van der Waals surface area (Å²) in [5, 5.41) is 11.7. The van der Waals surface area contributed by atoms with Crippen LogP contribution >= 0.6 is 0 Å². The van der Waals surface area contributed by atoms with Crippen molar-refractivity contribution in [3.63, 3.8) is 0 Å². The highest BCUT2D eigenvalue weighted by Crippen LogP contribution is 2.66. The zero-order valence-electron chi connectivity index (χ0n) is 22.3. The Labute approximate surface area is 195 Å². The lowest BCUT2D eigenvalue weighted by Gasteiger charge is -2.54. The van der Waals surface area contributed by atoms with E-state index in [0.29, 0.717) is 24.9 Å². The minimum absolute atomic E-state index is 0.0178. The van der Waals surface area contributed by atoms with Crippen molar-refractivity contribution in [2.45, 2.75) is 70.3 Å². The minimum atomic E-state index is -2.22. The maximum atomic E-state index is 12.7. The van der Waals surface area contributed by atoms with Crippen LogP contribution < -0.4 is 4.90 Å². The van der Waals surface area contributed by atoms with E-state index in [1.807, 2.05) is 30.3 Å². The number of ketones is 2. The molecule has 4 aliphatic rings. The third kappa shape index (κ3) is 2.98. The Kier molecular flexibility index (Phi) is 4.23. The van der Waals surface area contributed by atoms with Crippen molar-refractivity contribution in [3.05, 3.63) is 52.6 Å². The molecule has 0 heterocycles. The van der Waals surface area contributed by atoms with Gasteiger partial charge in [0.15, 0.2) is 11.6 Å². The number of Topliss-reactive ketones (excluding diaryl/α,β-unsaturated/α-hetero) is 1. The average Bonchev–Trinajstić information content (AvgIpc) is 3.09. The second-order valence-corrected chi connectivity index (χ2v) is 10.6. The number of benzene rings is 1. The topological polar surface area (TPSA) is 57.6 Å². The number of nitrogens with zero attached hydrogens (tertiary/aromatic N) is 1. The largest absolute Gasteiger partial charge is 0.382 e. The summed E-state index contributed by atoms with van der Waals surface area (Å²) in [7, 11) is 1.57. The molecule has 0 aliphatic heterocycles. The molecule has 0 radical (unpaired) electrons. The second-order valence-electron chi connectivity index (χ2n) is 10.6. The van der Waals surface area contributed by atoms with Crippen LogP contribution in [0.4, 0.5) is 5.69 Å². The Morgan fingerprint density at radius 3 is 2.62 bits per heavy atom. The lowest BCUT2D eigenvalue weighted by Crippen LogP contribution is -2.55. The molecule has 1 aromatic rings. The Hall–Kier alpha value is -2.20. The second kappa shape index (κ2) is 7.41. The smallest absolute Gasteiger partial charge is 0.161 e. The molecular weight excluding hydrogens is 398 g/mol. The molecule has 1 N–H and O–H groups in total. The fourth-order valence-electron chi connectivity index (χ4n) is 7.47. The van der Waals surface area contributed by atoms with Gasteiger partial charge in [0.05, 0.1) is 0 Å². The SMILES string of the molecule is [2H]C([2H])([2H])N(C)c1ccc([C@H]2C[C@@]3(C)[C@@H](CC[C@]3(O)C(C)=O)[C@@H]3CCC4=CC(=O)CCC4=C32)cc1. The average molecular weight is 437 g/mol. The van der Waals surface area contributed by atoms with Gasteiger partial charge in [-0.15, -0.1) is 0 Å². The molecule has 170 valence electrons. The molecule has 4 aliphatic carbocycles. The number of rotatable bonds is 3. The van der Waals surface area contributed by atoms with E-state index >= 15 is 0 Å². The molecule has 4 heteroatoms. The van der Waals surface area contributed by atoms with Crippen molar-refractivity contribution >= 4 is 17.3 Å². The van der Waals surface area contributed by atoms with Crippen LogP contribution in [0.5, 0.6) is 0 Å². The normalized spacial score (nSPS) is 38.0. The number of hydrogen-bond donors (Lipinski definition) is 1. The van der Waals surface area contributed by atoms with Gasteiger partial charge in [-0.25, -0.2) is 0 Å². The summed E-state index contributed by atoms with van der Waals surface area (Å²) in [5.74, 6) is 0.576. The van der Waals surface area contributed by atoms with Crippen molar-refractivity contribution in [2.24, 2.45) is 17.3 Å². The van der Waals surface area contributed by atoms with E-state index in [1.165, 1.54) is 28.5 Å². The Balaban J connectivity index is 1.63. The number of hydrogen-bond acceptors (Lipinski definition) is 4. The maximum absolute atomic E-state index is 12.7. The van der Waals surface area contributed by atoms with Gasteiger partial charge in [-0.05, 0) is 92.2 Å². The highest BCUT2D eigenvalue weighted by atomic mass is 16.3. The van der Waals surface area contributed by atoms with Gasteiger partial charge in [-0.2, -0.15) is 0 Å². The van der Waals surface area contributed by atoms with Crippen molar-refractivity contribution in [1.29, 1.82) is 0 Å². The van der Waals surface area contributed by atoms with Crippen LogP contribution in [0.2, 0.25) is 0 Å². The van der Waals surface area contributed by atoms with Crippen molar-refractivity contribution in [2.75, 3.05) is 18.9 Å². The molecule has 32 heavy (non-hydrogen) atoms. The van der Waals surface area contributed by atoms with E-state index in [2.05, 4.69) is 6.92 Å². The first-order valence-electron chi connectivity index (χ1n) is 13.4. The van der Waals surface area contributed by atoms with E-state index in [0.717, 1.165) is 31.2 Å². The quantitative estimate of drug-likeness (QED) is 0.727. The highest BCUT2D eigenvalue weighted by Gasteiger charge is 2.64. The van der Waals surface area contributed by atoms with Crippen molar-refractivity contribution < 1.29 is 18.8 Å². The number of fused-ring (bicyclic) bond motifs is 4. The molecule has 4 nitrogen and oxygen atoms in total. The summed E-state index contributed by atoms with van der Waals surface area (Å²) in [5.41, 5.74) is 3.72. The summed E-state index contributed by atoms with van der Waals surface area (Å²) in [6.07, 6.45) is 6.93. The number of aliphatic hydroxyl groups is 1. The van der Waals surface area contributed by atoms with E-state index in [-0.39, 0.29) is 29.3 Å². The lowest BCUT2D eigenvalue weighted by molar-refractivity contribution is -0.152. The van der Waals surface area contributed by atoms with Gasteiger partial charge in [0.2, 0.25) is 0 Å². The molecule has 0 saturated heterocycles. The van der Waals surface area contributed by atoms with Gasteiger partial charge in [0, 0.05) is 41.6 Å². The fraction of sp³-hybridized carbons (Fsp3) is 0.571. The zero-order chi connectivity index (χ0) is 25.3. The molecule has 1 aromatic carbocycles. The maximum Gasteiger partial charge on any atom is 0.161 e. The first kappa shape index (κ1) is 18.3. The molecule has 0 unspecified atom stereocenters. The fourth-order valence-corrected chi connectivity index (χ4v) is 7.47. The molecular formula is C28H35NO3. The van der Waals surface area contributed by atoms with Crippen LogP contribution in [0.15, 0.2) is 47.1 Å². The van der Waals surface area contributed by atoms with Crippen LogP contribution in [-0.4, -0.2) is 36.3 Å². The molecule has 0 spiro atoms. The summed E-state index contributed by atoms with van der Waals surface area (Å²) in [4.78, 5) is 26.2. The zero-order valence-corrected chi connectivity index (χ0v) is 19.3. The van der Waals surface area contributed by atoms with Crippen LogP contribution in [0.1, 0.15) is 74.4 Å². The van der Waals surface area contributed by atoms with E-state index in [4.69, 9.17) is 4.11 Å². The minimum Gasteiger partial charge on any atom is -0.382 e. The van der Waals surface area contributed by atoms with Crippen molar-refractivity contribution in [1.82, 2.24) is 0 Å². The highest BCUT2D eigenvalue weighted by molar-refractivity contribution is 5.93. The summed E-state index contributed by atoms with van der Waals surface area (Å²) < 4.78 is 23.1. The predicted molar refractivity (Wildman–Crippen MR) is 127 cm³/mol. The molecule has 2 fully saturated rings. The van der Waals surface area contributed by atoms with Crippen LogP contribution in [0.25, 0.3) is 0 Å². The Morgan fingerprint density at radius 1 is 1.19 bits per heavy atom. The third-order valence-electron chi connectivity index (χ3n) is 9.15. The molecule has 0 amide bonds. The van der Waals surface area contributed by atoms with Gasteiger partial charge in [0.1, 0.15) is 5.60 Å². The van der Waals surface area contributed by atoms with Gasteiger partial charge < -0.3 is 10.0 Å². The molecule has 5 atom stereocenters. The first-order chi connectivity index (χ1) is 16.4. The number of carbonyl (C=O) groups excluding carboxylic acids is 2. The van der Waals surface area contributed by atoms with Gasteiger partial charge in [-0.3, -0.25) is 9.59 Å². The molecule has 5 rings (SSSR count). The number of allylic oxidation sites excluding steroid dienone is 4. The first-order valence-corrected chi connectivity index (χ1v) is 11.9.